The summed E-state index contributed by atoms with van der Waals surface area (Å²) in [6, 6.07) is 18.9. The monoisotopic (exact) mass is 494 g/mol. The second-order valence-corrected chi connectivity index (χ2v) is 7.68. The van der Waals surface area contributed by atoms with E-state index in [9.17, 15) is 20.2 Å². The molecule has 0 amide bonds. The summed E-state index contributed by atoms with van der Waals surface area (Å²) in [6.07, 6.45) is 4.58. The first-order valence-electron chi connectivity index (χ1n) is 9.67. The summed E-state index contributed by atoms with van der Waals surface area (Å²) in [6.45, 7) is 2.06. The second kappa shape index (κ2) is 10.5. The van der Waals surface area contributed by atoms with Crippen LogP contribution in [0.15, 0.2) is 82.4 Å². The Hall–Kier alpha value is -3.85. The van der Waals surface area contributed by atoms with E-state index in [1.165, 1.54) is 17.7 Å². The van der Waals surface area contributed by atoms with Gasteiger partial charge in [-0.25, -0.2) is 0 Å². The van der Waals surface area contributed by atoms with Crippen LogP contribution in [0.3, 0.4) is 0 Å². The Morgan fingerprint density at radius 2 is 1.69 bits per heavy atom. The van der Waals surface area contributed by atoms with E-state index in [0.717, 1.165) is 28.1 Å². The van der Waals surface area contributed by atoms with Gasteiger partial charge in [-0.3, -0.25) is 25.7 Å². The van der Waals surface area contributed by atoms with E-state index in [1.807, 2.05) is 54.6 Å². The van der Waals surface area contributed by atoms with Crippen molar-refractivity contribution in [2.24, 2.45) is 5.10 Å². The van der Waals surface area contributed by atoms with Gasteiger partial charge in [-0.15, -0.1) is 0 Å². The number of nitro benzene ring substituents is 2. The Labute approximate surface area is 192 Å². The van der Waals surface area contributed by atoms with Gasteiger partial charge in [0.15, 0.2) is 0 Å². The molecule has 0 radical (unpaired) electrons. The van der Waals surface area contributed by atoms with Gasteiger partial charge in [0, 0.05) is 16.1 Å². The van der Waals surface area contributed by atoms with Crippen LogP contribution in [0.1, 0.15) is 23.6 Å². The number of non-ortho nitro benzene ring substituents is 1. The van der Waals surface area contributed by atoms with Crippen molar-refractivity contribution in [1.82, 2.24) is 0 Å². The molecule has 9 heteroatoms. The molecule has 0 saturated heterocycles. The van der Waals surface area contributed by atoms with Gasteiger partial charge in [0.1, 0.15) is 5.69 Å². The van der Waals surface area contributed by atoms with Gasteiger partial charge in [0.05, 0.1) is 21.6 Å². The summed E-state index contributed by atoms with van der Waals surface area (Å²) >= 11 is 3.40. The molecule has 0 spiro atoms. The van der Waals surface area contributed by atoms with Crippen molar-refractivity contribution in [3.8, 4) is 0 Å². The predicted molar refractivity (Wildman–Crippen MR) is 129 cm³/mol. The van der Waals surface area contributed by atoms with Gasteiger partial charge in [-0.05, 0) is 41.8 Å². The molecule has 8 nitrogen and oxygen atoms in total. The lowest BCUT2D eigenvalue weighted by molar-refractivity contribution is -0.393. The van der Waals surface area contributed by atoms with Gasteiger partial charge in [-0.2, -0.15) is 5.10 Å². The van der Waals surface area contributed by atoms with Crippen molar-refractivity contribution < 1.29 is 9.85 Å². The molecule has 3 aromatic rings. The first-order valence-corrected chi connectivity index (χ1v) is 10.5. The number of nitro groups is 2. The fraction of sp³-hybridized carbons (Fsp3) is 0.0870. The van der Waals surface area contributed by atoms with Crippen LogP contribution in [0.5, 0.6) is 0 Å². The molecule has 0 unspecified atom stereocenters. The van der Waals surface area contributed by atoms with Gasteiger partial charge >= 0.3 is 5.69 Å². The Morgan fingerprint density at radius 3 is 2.28 bits per heavy atom. The smallest absolute Gasteiger partial charge is 0.271 e. The zero-order valence-corrected chi connectivity index (χ0v) is 18.7. The van der Waals surface area contributed by atoms with Gasteiger partial charge in [0.25, 0.3) is 5.69 Å². The van der Waals surface area contributed by atoms with Crippen LogP contribution < -0.4 is 5.43 Å². The Morgan fingerprint density at radius 1 is 1.00 bits per heavy atom. The normalized spacial score (nSPS) is 11.5. The number of hydrogen-bond donors (Lipinski definition) is 1. The molecule has 1 N–H and O–H groups in total. The molecule has 0 aromatic heterocycles. The molecule has 0 aliphatic heterocycles. The standard InChI is InChI=1S/C23H19BrN4O4/c1-2-16-3-8-18(9-4-16)21(13-7-17-5-10-19(24)11-6-17)25-26-22-14-12-20(27(29)30)15-23(22)28(31)32/h3-15,26H,2H2,1H3/b13-7+,25-21-. The van der Waals surface area contributed by atoms with E-state index >= 15 is 0 Å². The average Bonchev–Trinajstić information content (AvgIpc) is 2.80. The van der Waals surface area contributed by atoms with Crippen molar-refractivity contribution in [3.63, 3.8) is 0 Å². The van der Waals surface area contributed by atoms with Crippen molar-refractivity contribution >= 4 is 44.8 Å². The van der Waals surface area contributed by atoms with Crippen LogP contribution in [-0.2, 0) is 6.42 Å². The van der Waals surface area contributed by atoms with Gasteiger partial charge < -0.3 is 0 Å². The summed E-state index contributed by atoms with van der Waals surface area (Å²) in [4.78, 5) is 21.0. The lowest BCUT2D eigenvalue weighted by Gasteiger charge is -2.07. The zero-order valence-electron chi connectivity index (χ0n) is 17.1. The SMILES string of the molecule is CCc1ccc(C(/C=C/c2ccc(Br)cc2)=N\Nc2ccc([N+](=O)[O-])cc2[N+](=O)[O-])cc1. The third-order valence-corrected chi connectivity index (χ3v) is 5.18. The average molecular weight is 495 g/mol. The lowest BCUT2D eigenvalue weighted by Crippen LogP contribution is -2.04. The number of halogens is 1. The second-order valence-electron chi connectivity index (χ2n) is 6.76. The molecule has 0 atom stereocenters. The minimum atomic E-state index is -0.682. The molecule has 0 heterocycles. The molecule has 3 aromatic carbocycles. The van der Waals surface area contributed by atoms with E-state index in [0.29, 0.717) is 5.71 Å². The highest BCUT2D eigenvalue weighted by Crippen LogP contribution is 2.29. The third-order valence-electron chi connectivity index (χ3n) is 4.65. The third kappa shape index (κ3) is 5.86. The van der Waals surface area contributed by atoms with E-state index in [4.69, 9.17) is 0 Å². The molecule has 0 aliphatic rings. The largest absolute Gasteiger partial charge is 0.301 e. The molecular formula is C23H19BrN4O4. The summed E-state index contributed by atoms with van der Waals surface area (Å²) < 4.78 is 0.964. The number of allylic oxidation sites excluding steroid dienone is 1. The quantitative estimate of drug-likeness (QED) is 0.222. The van der Waals surface area contributed by atoms with Crippen LogP contribution >= 0.6 is 15.9 Å². The van der Waals surface area contributed by atoms with Crippen LogP contribution in [0.25, 0.3) is 6.08 Å². The highest BCUT2D eigenvalue weighted by atomic mass is 79.9. The van der Waals surface area contributed by atoms with E-state index in [2.05, 4.69) is 33.4 Å². The number of benzene rings is 3. The first-order chi connectivity index (χ1) is 15.4. The Bertz CT molecular complexity index is 1190. The molecule has 0 fully saturated rings. The zero-order chi connectivity index (χ0) is 23.1. The fourth-order valence-electron chi connectivity index (χ4n) is 2.86. The molecular weight excluding hydrogens is 476 g/mol. The number of nitrogens with one attached hydrogen (secondary N) is 1. The summed E-state index contributed by atoms with van der Waals surface area (Å²) in [5.74, 6) is 0. The number of nitrogens with zero attached hydrogens (tertiary/aromatic N) is 3. The summed E-state index contributed by atoms with van der Waals surface area (Å²) in [5.41, 5.74) is 5.44. The fourth-order valence-corrected chi connectivity index (χ4v) is 3.12. The van der Waals surface area contributed by atoms with Crippen LogP contribution in [-0.4, -0.2) is 15.6 Å². The highest BCUT2D eigenvalue weighted by Gasteiger charge is 2.19. The molecule has 0 bridgehead atoms. The molecule has 0 aliphatic carbocycles. The van der Waals surface area contributed by atoms with E-state index in [1.54, 1.807) is 6.08 Å². The summed E-state index contributed by atoms with van der Waals surface area (Å²) in [7, 11) is 0. The number of hydrogen-bond acceptors (Lipinski definition) is 6. The van der Waals surface area contributed by atoms with E-state index < -0.39 is 15.5 Å². The number of aryl methyl sites for hydroxylation is 1. The molecule has 162 valence electrons. The molecule has 32 heavy (non-hydrogen) atoms. The predicted octanol–water partition coefficient (Wildman–Crippen LogP) is 6.36. The number of rotatable bonds is 8. The van der Waals surface area contributed by atoms with Gasteiger partial charge in [-0.1, -0.05) is 65.3 Å². The minimum Gasteiger partial charge on any atom is -0.271 e. The van der Waals surface area contributed by atoms with Crippen LogP contribution in [0, 0.1) is 20.2 Å². The maximum atomic E-state index is 11.4. The number of hydrazone groups is 1. The topological polar surface area (TPSA) is 111 Å². The Kier molecular flexibility index (Phi) is 7.45. The van der Waals surface area contributed by atoms with Gasteiger partial charge in [0.2, 0.25) is 0 Å². The van der Waals surface area contributed by atoms with Crippen LogP contribution in [0.4, 0.5) is 17.1 Å². The minimum absolute atomic E-state index is 0.0559. The Balaban J connectivity index is 1.97. The lowest BCUT2D eigenvalue weighted by atomic mass is 10.1. The van der Waals surface area contributed by atoms with Crippen molar-refractivity contribution in [2.45, 2.75) is 13.3 Å². The van der Waals surface area contributed by atoms with Crippen molar-refractivity contribution in [3.05, 3.63) is 114 Å². The maximum Gasteiger partial charge on any atom is 0.301 e. The summed E-state index contributed by atoms with van der Waals surface area (Å²) in [5, 5.41) is 26.7. The highest BCUT2D eigenvalue weighted by molar-refractivity contribution is 9.10. The molecule has 0 saturated carbocycles. The van der Waals surface area contributed by atoms with Crippen molar-refractivity contribution in [2.75, 3.05) is 5.43 Å². The van der Waals surface area contributed by atoms with Crippen molar-refractivity contribution in [1.29, 1.82) is 0 Å². The first kappa shape index (κ1) is 22.8. The van der Waals surface area contributed by atoms with E-state index in [-0.39, 0.29) is 11.4 Å². The number of anilines is 1. The molecule has 3 rings (SSSR count). The maximum absolute atomic E-state index is 11.4. The van der Waals surface area contributed by atoms with Crippen LogP contribution in [0.2, 0.25) is 0 Å².